The molecule has 0 bridgehead atoms. The maximum absolute atomic E-state index is 6.23. The number of aromatic nitrogens is 3. The first-order valence-corrected chi connectivity index (χ1v) is 11.5. The molecule has 154 valence electrons. The molecular weight excluding hydrogens is 382 g/mol. The Hall–Kier alpha value is -1.99. The molecule has 0 aliphatic carbocycles. The lowest BCUT2D eigenvalue weighted by Gasteiger charge is -2.32. The maximum atomic E-state index is 6.23. The van der Waals surface area contributed by atoms with E-state index in [-0.39, 0.29) is 5.60 Å². The minimum absolute atomic E-state index is 0.163. The molecule has 2 N–H and O–H groups in total. The van der Waals surface area contributed by atoms with E-state index in [4.69, 9.17) is 9.72 Å². The summed E-state index contributed by atoms with van der Waals surface area (Å²) in [6.07, 6.45) is 5.11. The van der Waals surface area contributed by atoms with Crippen molar-refractivity contribution in [2.24, 2.45) is 5.92 Å². The second-order valence-corrected chi connectivity index (χ2v) is 10.4. The Balaban J connectivity index is 1.74. The highest BCUT2D eigenvalue weighted by Crippen LogP contribution is 2.42. The average molecular weight is 413 g/mol. The molecule has 0 saturated carbocycles. The van der Waals surface area contributed by atoms with Gasteiger partial charge in [0.1, 0.15) is 16.8 Å². The third kappa shape index (κ3) is 3.34. The molecule has 2 aliphatic rings. The summed E-state index contributed by atoms with van der Waals surface area (Å²) < 4.78 is 7.37. The lowest BCUT2D eigenvalue weighted by atomic mass is 9.90. The predicted octanol–water partition coefficient (Wildman–Crippen LogP) is 4.18. The summed E-state index contributed by atoms with van der Waals surface area (Å²) in [4.78, 5) is 16.7. The van der Waals surface area contributed by atoms with Crippen LogP contribution < -0.4 is 15.2 Å². The lowest BCUT2D eigenvalue weighted by Crippen LogP contribution is -2.36. The number of ether oxygens (including phenoxy) is 1. The van der Waals surface area contributed by atoms with E-state index in [0.717, 1.165) is 42.1 Å². The number of rotatable bonds is 4. The zero-order valence-electron chi connectivity index (χ0n) is 17.8. The van der Waals surface area contributed by atoms with Gasteiger partial charge in [0.15, 0.2) is 4.83 Å². The van der Waals surface area contributed by atoms with Gasteiger partial charge in [-0.25, -0.2) is 15.0 Å². The molecule has 0 spiro atoms. The number of aromatic amines is 1. The first-order chi connectivity index (χ1) is 13.9. The first kappa shape index (κ1) is 19.0. The van der Waals surface area contributed by atoms with Crippen molar-refractivity contribution in [1.82, 2.24) is 9.97 Å². The van der Waals surface area contributed by atoms with Gasteiger partial charge < -0.3 is 10.1 Å². The Kier molecular flexibility index (Phi) is 4.62. The van der Waals surface area contributed by atoms with Crippen molar-refractivity contribution in [3.05, 3.63) is 17.5 Å². The highest BCUT2D eigenvalue weighted by molar-refractivity contribution is 7.25. The molecule has 1 fully saturated rings. The molecule has 5 rings (SSSR count). The average Bonchev–Trinajstić information content (AvgIpc) is 3.32. The van der Waals surface area contributed by atoms with Crippen LogP contribution in [0.3, 0.4) is 0 Å². The van der Waals surface area contributed by atoms with Crippen LogP contribution in [0.1, 0.15) is 51.7 Å². The Morgan fingerprint density at radius 2 is 2.03 bits per heavy atom. The molecule has 7 heteroatoms. The van der Waals surface area contributed by atoms with Gasteiger partial charge >= 0.3 is 0 Å². The summed E-state index contributed by atoms with van der Waals surface area (Å²) in [6, 6.07) is 0. The Bertz CT molecular complexity index is 1070. The molecule has 2 aliphatic heterocycles. The second-order valence-electron chi connectivity index (χ2n) is 9.33. The van der Waals surface area contributed by atoms with Gasteiger partial charge in [-0.2, -0.15) is 0 Å². The molecule has 6 nitrogen and oxygen atoms in total. The smallest absolute Gasteiger partial charge is 0.281 e. The zero-order chi connectivity index (χ0) is 20.2. The van der Waals surface area contributed by atoms with Crippen LogP contribution in [0.5, 0.6) is 0 Å². The van der Waals surface area contributed by atoms with Gasteiger partial charge in [-0.05, 0) is 38.2 Å². The van der Waals surface area contributed by atoms with Gasteiger partial charge in [0.05, 0.1) is 41.8 Å². The van der Waals surface area contributed by atoms with Crippen molar-refractivity contribution in [1.29, 1.82) is 0 Å². The number of hydrogen-bond donors (Lipinski definition) is 1. The van der Waals surface area contributed by atoms with E-state index in [0.29, 0.717) is 12.5 Å². The van der Waals surface area contributed by atoms with Crippen LogP contribution in [-0.2, 0) is 17.8 Å². The maximum Gasteiger partial charge on any atom is 0.281 e. The van der Waals surface area contributed by atoms with Crippen LogP contribution in [0.25, 0.3) is 20.4 Å². The van der Waals surface area contributed by atoms with Crippen molar-refractivity contribution in [3.63, 3.8) is 0 Å². The van der Waals surface area contributed by atoms with Gasteiger partial charge in [0, 0.05) is 13.0 Å². The van der Waals surface area contributed by atoms with Gasteiger partial charge in [-0.1, -0.05) is 25.2 Å². The number of H-pyrrole nitrogens is 1. The third-order valence-electron chi connectivity index (χ3n) is 5.97. The van der Waals surface area contributed by atoms with E-state index >= 15 is 0 Å². The summed E-state index contributed by atoms with van der Waals surface area (Å²) in [5.41, 5.74) is 3.61. The van der Waals surface area contributed by atoms with Gasteiger partial charge in [-0.3, -0.25) is 4.90 Å². The van der Waals surface area contributed by atoms with Crippen molar-refractivity contribution in [2.75, 3.05) is 29.9 Å². The monoisotopic (exact) mass is 412 g/mol. The summed E-state index contributed by atoms with van der Waals surface area (Å²) in [6.45, 7) is 12.6. The molecule has 29 heavy (non-hydrogen) atoms. The molecule has 0 aromatic carbocycles. The van der Waals surface area contributed by atoms with E-state index in [9.17, 15) is 0 Å². The number of fused-ring (bicyclic) bond motifs is 5. The predicted molar refractivity (Wildman–Crippen MR) is 119 cm³/mol. The Morgan fingerprint density at radius 3 is 2.79 bits per heavy atom. The second kappa shape index (κ2) is 7.06. The van der Waals surface area contributed by atoms with Crippen LogP contribution in [0.4, 0.5) is 11.6 Å². The number of nitrogens with zero attached hydrogens (tertiary/aromatic N) is 3. The van der Waals surface area contributed by atoms with Crippen LogP contribution in [0, 0.1) is 5.92 Å². The highest BCUT2D eigenvalue weighted by Gasteiger charge is 2.36. The number of thiophene rings is 1. The molecular formula is C22H30N5OS+. The minimum Gasteiger partial charge on any atom is -0.370 e. The van der Waals surface area contributed by atoms with Crippen LogP contribution >= 0.6 is 11.3 Å². The van der Waals surface area contributed by atoms with Crippen molar-refractivity contribution < 1.29 is 9.72 Å². The van der Waals surface area contributed by atoms with E-state index in [1.165, 1.54) is 40.0 Å². The van der Waals surface area contributed by atoms with Gasteiger partial charge in [0.25, 0.3) is 5.82 Å². The summed E-state index contributed by atoms with van der Waals surface area (Å²) >= 11 is 1.78. The van der Waals surface area contributed by atoms with E-state index in [2.05, 4.69) is 47.9 Å². The fourth-order valence-corrected chi connectivity index (χ4v) is 5.63. The largest absolute Gasteiger partial charge is 0.370 e. The summed E-state index contributed by atoms with van der Waals surface area (Å²) in [5.74, 6) is 2.76. The molecule has 3 aromatic heterocycles. The lowest BCUT2D eigenvalue weighted by molar-refractivity contribution is -0.328. The zero-order valence-corrected chi connectivity index (χ0v) is 18.6. The highest BCUT2D eigenvalue weighted by atomic mass is 32.1. The van der Waals surface area contributed by atoms with Crippen LogP contribution in [0.15, 0.2) is 6.33 Å². The molecule has 1 saturated heterocycles. The number of pyridine rings is 1. The Labute approximate surface area is 175 Å². The minimum atomic E-state index is -0.163. The first-order valence-electron chi connectivity index (χ1n) is 10.7. The molecule has 0 amide bonds. The van der Waals surface area contributed by atoms with Crippen molar-refractivity contribution in [3.8, 4) is 0 Å². The van der Waals surface area contributed by atoms with Crippen molar-refractivity contribution in [2.45, 2.75) is 59.2 Å². The number of anilines is 2. The normalized spacial score (nSPS) is 18.7. The topological polar surface area (TPSA) is 64.4 Å². The summed E-state index contributed by atoms with van der Waals surface area (Å²) in [5, 5.41) is 4.78. The van der Waals surface area contributed by atoms with Crippen LogP contribution in [-0.4, -0.2) is 35.2 Å². The molecule has 0 atom stereocenters. The fraction of sp³-hybridized carbons (Fsp3) is 0.591. The van der Waals surface area contributed by atoms with Gasteiger partial charge in [-0.15, -0.1) is 0 Å². The SMILES string of the molecule is CC(C)CNc1ncnc2c1sc1[nH+]c(N3CCCC3)c3c(c12)CC(C)(C)OC3. The quantitative estimate of drug-likeness (QED) is 0.696. The van der Waals surface area contributed by atoms with E-state index in [1.807, 2.05) is 0 Å². The van der Waals surface area contributed by atoms with E-state index in [1.54, 1.807) is 17.7 Å². The van der Waals surface area contributed by atoms with E-state index < -0.39 is 0 Å². The molecule has 5 heterocycles. The Morgan fingerprint density at radius 1 is 1.24 bits per heavy atom. The molecule has 3 aromatic rings. The third-order valence-corrected chi connectivity index (χ3v) is 7.07. The van der Waals surface area contributed by atoms with Crippen LogP contribution in [0.2, 0.25) is 0 Å². The van der Waals surface area contributed by atoms with Gasteiger partial charge in [0.2, 0.25) is 0 Å². The summed E-state index contributed by atoms with van der Waals surface area (Å²) in [7, 11) is 0. The fourth-order valence-electron chi connectivity index (χ4n) is 4.49. The molecule has 0 unspecified atom stereocenters. The standard InChI is InChI=1S/C22H29N5OS/c1-13(2)10-23-19-18-17(24-12-25-19)16-14-9-22(3,4)28-11-15(14)20(26-21(16)29-18)27-7-5-6-8-27/h12-13H,5-11H2,1-4H3,(H,23,24,25)/p+1. The number of hydrogen-bond acceptors (Lipinski definition) is 6. The number of nitrogens with one attached hydrogen (secondary N) is 2. The molecule has 0 radical (unpaired) electrons. The van der Waals surface area contributed by atoms with Crippen molar-refractivity contribution >= 4 is 43.4 Å².